The molecule has 138 valence electrons. The van der Waals surface area contributed by atoms with E-state index in [-0.39, 0.29) is 18.0 Å². The Morgan fingerprint density at radius 1 is 1.08 bits per heavy atom. The Balaban J connectivity index is 2.69. The highest BCUT2D eigenvalue weighted by Crippen LogP contribution is 2.28. The fraction of sp³-hybridized carbons (Fsp3) is 0.471. The summed E-state index contributed by atoms with van der Waals surface area (Å²) in [4.78, 5) is 36.4. The van der Waals surface area contributed by atoms with E-state index in [1.54, 1.807) is 6.07 Å². The molecule has 0 bridgehead atoms. The van der Waals surface area contributed by atoms with Crippen molar-refractivity contribution in [2.24, 2.45) is 0 Å². The van der Waals surface area contributed by atoms with E-state index < -0.39 is 18.5 Å². The average Bonchev–Trinajstić information content (AvgIpc) is 2.60. The van der Waals surface area contributed by atoms with Gasteiger partial charge in [-0.05, 0) is 32.0 Å². The van der Waals surface area contributed by atoms with Crippen LogP contribution in [0.4, 0.5) is 0 Å². The highest BCUT2D eigenvalue weighted by Gasteiger charge is 2.17. The van der Waals surface area contributed by atoms with Crippen molar-refractivity contribution in [2.75, 3.05) is 40.5 Å². The largest absolute Gasteiger partial charge is 0.490 e. The molecule has 0 atom stereocenters. The topological polar surface area (TPSA) is 94.2 Å². The van der Waals surface area contributed by atoms with Gasteiger partial charge in [0.2, 0.25) is 5.91 Å². The molecule has 0 heterocycles. The minimum absolute atomic E-state index is 0.107. The number of carbonyl (C=O) groups is 3. The third-order valence-electron chi connectivity index (χ3n) is 3.19. The van der Waals surface area contributed by atoms with Gasteiger partial charge in [0.25, 0.3) is 5.91 Å². The molecule has 0 spiro atoms. The van der Waals surface area contributed by atoms with Gasteiger partial charge in [-0.2, -0.15) is 0 Å². The molecule has 1 aromatic carbocycles. The van der Waals surface area contributed by atoms with Gasteiger partial charge in [0, 0.05) is 14.1 Å². The highest BCUT2D eigenvalue weighted by molar-refractivity contribution is 5.92. The number of likely N-dealkylation sites (N-methyl/N-ethyl adjacent to an activating group) is 2. The fourth-order valence-electron chi connectivity index (χ4n) is 1.88. The first-order valence-corrected chi connectivity index (χ1v) is 7.94. The zero-order valence-electron chi connectivity index (χ0n) is 15.0. The number of amides is 2. The molecule has 8 nitrogen and oxygen atoms in total. The summed E-state index contributed by atoms with van der Waals surface area (Å²) in [6.07, 6.45) is 0. The van der Waals surface area contributed by atoms with Crippen molar-refractivity contribution in [1.82, 2.24) is 10.2 Å². The molecule has 0 aliphatic rings. The smallest absolute Gasteiger partial charge is 0.338 e. The number of rotatable bonds is 9. The van der Waals surface area contributed by atoms with Gasteiger partial charge in [-0.1, -0.05) is 0 Å². The third kappa shape index (κ3) is 6.33. The number of ether oxygens (including phenoxy) is 3. The van der Waals surface area contributed by atoms with Gasteiger partial charge >= 0.3 is 5.97 Å². The van der Waals surface area contributed by atoms with Crippen molar-refractivity contribution >= 4 is 17.8 Å². The first-order chi connectivity index (χ1) is 11.9. The predicted molar refractivity (Wildman–Crippen MR) is 90.8 cm³/mol. The highest BCUT2D eigenvalue weighted by atomic mass is 16.5. The molecular formula is C17H24N2O6. The molecule has 0 saturated carbocycles. The van der Waals surface area contributed by atoms with Gasteiger partial charge in [-0.3, -0.25) is 9.59 Å². The standard InChI is InChI=1S/C17H24N2O6/c1-5-23-13-8-7-12(9-14(13)24-6-2)17(22)25-11-16(21)19(4)10-15(20)18-3/h7-9H,5-6,10-11H2,1-4H3,(H,18,20). The monoisotopic (exact) mass is 352 g/mol. The van der Waals surface area contributed by atoms with Crippen LogP contribution in [0.1, 0.15) is 24.2 Å². The van der Waals surface area contributed by atoms with Crippen molar-refractivity contribution in [1.29, 1.82) is 0 Å². The van der Waals surface area contributed by atoms with Gasteiger partial charge < -0.3 is 24.4 Å². The molecule has 25 heavy (non-hydrogen) atoms. The van der Waals surface area contributed by atoms with Crippen molar-refractivity contribution < 1.29 is 28.6 Å². The minimum atomic E-state index is -0.661. The van der Waals surface area contributed by atoms with Crippen LogP contribution in [0.2, 0.25) is 0 Å². The van der Waals surface area contributed by atoms with Gasteiger partial charge in [-0.15, -0.1) is 0 Å². The molecule has 2 amide bonds. The van der Waals surface area contributed by atoms with Crippen molar-refractivity contribution in [3.63, 3.8) is 0 Å². The lowest BCUT2D eigenvalue weighted by molar-refractivity contribution is -0.137. The van der Waals surface area contributed by atoms with Gasteiger partial charge in [0.1, 0.15) is 0 Å². The van der Waals surface area contributed by atoms with E-state index in [0.29, 0.717) is 24.7 Å². The van der Waals surface area contributed by atoms with E-state index in [0.717, 1.165) is 0 Å². The maximum Gasteiger partial charge on any atom is 0.338 e. The van der Waals surface area contributed by atoms with Crippen molar-refractivity contribution in [2.45, 2.75) is 13.8 Å². The van der Waals surface area contributed by atoms with Crippen molar-refractivity contribution in [3.8, 4) is 11.5 Å². The summed E-state index contributed by atoms with van der Waals surface area (Å²) in [5, 5.41) is 2.41. The minimum Gasteiger partial charge on any atom is -0.490 e. The molecule has 8 heteroatoms. The molecule has 0 aliphatic carbocycles. The summed E-state index contributed by atoms with van der Waals surface area (Å²) in [5.41, 5.74) is 0.244. The van der Waals surface area contributed by atoms with Gasteiger partial charge in [0.05, 0.1) is 25.3 Å². The van der Waals surface area contributed by atoms with Crippen LogP contribution in [-0.2, 0) is 14.3 Å². The van der Waals surface area contributed by atoms with Crippen LogP contribution >= 0.6 is 0 Å². The third-order valence-corrected chi connectivity index (χ3v) is 3.19. The molecule has 0 fully saturated rings. The van der Waals surface area contributed by atoms with Crippen LogP contribution in [-0.4, -0.2) is 63.1 Å². The van der Waals surface area contributed by atoms with E-state index in [2.05, 4.69) is 5.32 Å². The zero-order valence-corrected chi connectivity index (χ0v) is 15.0. The number of benzene rings is 1. The van der Waals surface area contributed by atoms with E-state index in [1.165, 1.54) is 31.1 Å². The number of carbonyl (C=O) groups excluding carboxylic acids is 3. The Morgan fingerprint density at radius 2 is 1.72 bits per heavy atom. The lowest BCUT2D eigenvalue weighted by Crippen LogP contribution is -2.39. The maximum atomic E-state index is 12.1. The summed E-state index contributed by atoms with van der Waals surface area (Å²) in [5.74, 6) is -0.488. The Labute approximate surface area is 147 Å². The molecule has 0 aliphatic heterocycles. The van der Waals surface area contributed by atoms with Crippen LogP contribution < -0.4 is 14.8 Å². The molecule has 0 saturated heterocycles. The van der Waals surface area contributed by atoms with E-state index in [4.69, 9.17) is 14.2 Å². The molecule has 1 rings (SSSR count). The SMILES string of the molecule is CCOc1ccc(C(=O)OCC(=O)N(C)CC(=O)NC)cc1OCC. The number of nitrogens with zero attached hydrogens (tertiary/aromatic N) is 1. The van der Waals surface area contributed by atoms with Crippen LogP contribution in [0.15, 0.2) is 18.2 Å². The number of nitrogens with one attached hydrogen (secondary N) is 1. The molecular weight excluding hydrogens is 328 g/mol. The second-order valence-corrected chi connectivity index (χ2v) is 5.03. The lowest BCUT2D eigenvalue weighted by atomic mass is 10.2. The maximum absolute atomic E-state index is 12.1. The Kier molecular flexibility index (Phi) is 8.25. The summed E-state index contributed by atoms with van der Waals surface area (Å²) >= 11 is 0. The molecule has 0 radical (unpaired) electrons. The second-order valence-electron chi connectivity index (χ2n) is 5.03. The lowest BCUT2D eigenvalue weighted by Gasteiger charge is -2.16. The van der Waals surface area contributed by atoms with Gasteiger partial charge in [-0.25, -0.2) is 4.79 Å². The van der Waals surface area contributed by atoms with Crippen LogP contribution in [0.25, 0.3) is 0 Å². The summed E-state index contributed by atoms with van der Waals surface area (Å²) in [6.45, 7) is 3.99. The first kappa shape index (κ1) is 20.3. The predicted octanol–water partition coefficient (Wildman–Crippen LogP) is 0.845. The van der Waals surface area contributed by atoms with Crippen LogP contribution in [0.3, 0.4) is 0 Å². The van der Waals surface area contributed by atoms with Gasteiger partial charge in [0.15, 0.2) is 18.1 Å². The second kappa shape index (κ2) is 10.2. The van der Waals surface area contributed by atoms with Crippen LogP contribution in [0, 0.1) is 0 Å². The van der Waals surface area contributed by atoms with E-state index >= 15 is 0 Å². The Morgan fingerprint density at radius 3 is 2.32 bits per heavy atom. The Hall–Kier alpha value is -2.77. The number of esters is 1. The van der Waals surface area contributed by atoms with E-state index in [9.17, 15) is 14.4 Å². The molecule has 0 unspecified atom stereocenters. The number of hydrogen-bond acceptors (Lipinski definition) is 6. The fourth-order valence-corrected chi connectivity index (χ4v) is 1.88. The molecule has 1 aromatic rings. The first-order valence-electron chi connectivity index (χ1n) is 7.94. The Bertz CT molecular complexity index is 617. The summed E-state index contributed by atoms with van der Waals surface area (Å²) < 4.78 is 15.9. The summed E-state index contributed by atoms with van der Waals surface area (Å²) in [6, 6.07) is 4.66. The normalized spacial score (nSPS) is 9.92. The van der Waals surface area contributed by atoms with Crippen molar-refractivity contribution in [3.05, 3.63) is 23.8 Å². The zero-order chi connectivity index (χ0) is 18.8. The van der Waals surface area contributed by atoms with E-state index in [1.807, 2.05) is 13.8 Å². The summed E-state index contributed by atoms with van der Waals surface area (Å²) in [7, 11) is 2.93. The average molecular weight is 352 g/mol. The molecule has 1 N–H and O–H groups in total. The molecule has 0 aromatic heterocycles. The van der Waals surface area contributed by atoms with Crippen LogP contribution in [0.5, 0.6) is 11.5 Å². The quantitative estimate of drug-likeness (QED) is 0.662. The number of hydrogen-bond donors (Lipinski definition) is 1.